The number of nitrogens with two attached hydrogens (primary N) is 1. The van der Waals surface area contributed by atoms with Crippen LogP contribution in [0, 0.1) is 0 Å². The first kappa shape index (κ1) is 11.0. The van der Waals surface area contributed by atoms with E-state index < -0.39 is 0 Å². The van der Waals surface area contributed by atoms with Crippen LogP contribution in [0.1, 0.15) is 5.56 Å². The highest BCUT2D eigenvalue weighted by atomic mass is 35.5. The Morgan fingerprint density at radius 1 is 1.50 bits per heavy atom. The second-order valence-corrected chi connectivity index (χ2v) is 3.18. The zero-order chi connectivity index (χ0) is 9.26. The van der Waals surface area contributed by atoms with Gasteiger partial charge in [0.05, 0.1) is 0 Å². The molecule has 0 saturated carbocycles. The zero-order valence-electron chi connectivity index (χ0n) is 8.10. The molecule has 3 nitrogen and oxygen atoms in total. The van der Waals surface area contributed by atoms with Gasteiger partial charge < -0.3 is 10.3 Å². The highest BCUT2D eigenvalue weighted by Gasteiger charge is 2.04. The highest BCUT2D eigenvalue weighted by Crippen LogP contribution is 2.17. The van der Waals surface area contributed by atoms with E-state index in [9.17, 15) is 0 Å². The van der Waals surface area contributed by atoms with Gasteiger partial charge in [-0.25, -0.2) is 4.98 Å². The molecule has 0 saturated heterocycles. The molecule has 0 fully saturated rings. The number of fused-ring (bicyclic) bond motifs is 1. The van der Waals surface area contributed by atoms with Gasteiger partial charge in [-0.3, -0.25) is 0 Å². The molecule has 2 rings (SSSR count). The number of halogens is 1. The maximum absolute atomic E-state index is 5.53. The molecule has 2 aromatic heterocycles. The third-order valence-corrected chi connectivity index (χ3v) is 2.23. The van der Waals surface area contributed by atoms with E-state index >= 15 is 0 Å². The minimum absolute atomic E-state index is 0. The monoisotopic (exact) mass is 211 g/mol. The van der Waals surface area contributed by atoms with Gasteiger partial charge in [0.25, 0.3) is 0 Å². The lowest BCUT2D eigenvalue weighted by molar-refractivity contribution is 0.919. The van der Waals surface area contributed by atoms with Gasteiger partial charge in [0.2, 0.25) is 0 Å². The summed E-state index contributed by atoms with van der Waals surface area (Å²) in [6, 6.07) is 4.05. The fourth-order valence-corrected chi connectivity index (χ4v) is 1.65. The van der Waals surface area contributed by atoms with Gasteiger partial charge in [-0.15, -0.1) is 12.4 Å². The van der Waals surface area contributed by atoms with Gasteiger partial charge in [0.1, 0.15) is 5.65 Å². The Labute approximate surface area is 89.3 Å². The zero-order valence-corrected chi connectivity index (χ0v) is 8.92. The summed E-state index contributed by atoms with van der Waals surface area (Å²) >= 11 is 0. The van der Waals surface area contributed by atoms with Crippen molar-refractivity contribution in [2.75, 3.05) is 6.54 Å². The number of nitrogens with zero attached hydrogens (tertiary/aromatic N) is 2. The van der Waals surface area contributed by atoms with E-state index in [4.69, 9.17) is 5.73 Å². The standard InChI is InChI=1S/C10H13N3.ClH/c1-13-7-8(4-5-11)9-3-2-6-12-10(9)13;/h2-3,6-7H,4-5,11H2,1H3;1H. The molecule has 2 aromatic rings. The molecule has 2 N–H and O–H groups in total. The molecule has 0 atom stereocenters. The summed E-state index contributed by atoms with van der Waals surface area (Å²) in [4.78, 5) is 4.31. The van der Waals surface area contributed by atoms with Crippen LogP contribution in [0.4, 0.5) is 0 Å². The molecule has 0 spiro atoms. The minimum Gasteiger partial charge on any atom is -0.335 e. The number of aryl methyl sites for hydroxylation is 1. The number of hydrogen-bond acceptors (Lipinski definition) is 2. The van der Waals surface area contributed by atoms with Crippen LogP contribution in [-0.2, 0) is 13.5 Å². The average molecular weight is 212 g/mol. The summed E-state index contributed by atoms with van der Waals surface area (Å²) in [6.45, 7) is 0.688. The van der Waals surface area contributed by atoms with Gasteiger partial charge in [0.15, 0.2) is 0 Å². The van der Waals surface area contributed by atoms with Crippen LogP contribution in [0.15, 0.2) is 24.5 Å². The van der Waals surface area contributed by atoms with E-state index in [1.165, 1.54) is 10.9 Å². The molecule has 76 valence electrons. The maximum atomic E-state index is 5.53. The third-order valence-electron chi connectivity index (χ3n) is 2.23. The Bertz CT molecular complexity index is 422. The quantitative estimate of drug-likeness (QED) is 0.818. The number of rotatable bonds is 2. The molecule has 0 unspecified atom stereocenters. The number of hydrogen-bond donors (Lipinski definition) is 1. The van der Waals surface area contributed by atoms with Crippen molar-refractivity contribution in [1.82, 2.24) is 9.55 Å². The lowest BCUT2D eigenvalue weighted by Gasteiger charge is -1.93. The van der Waals surface area contributed by atoms with E-state index in [1.54, 1.807) is 0 Å². The van der Waals surface area contributed by atoms with Crippen molar-refractivity contribution in [3.63, 3.8) is 0 Å². The van der Waals surface area contributed by atoms with Crippen LogP contribution >= 0.6 is 12.4 Å². The Morgan fingerprint density at radius 2 is 2.29 bits per heavy atom. The Morgan fingerprint density at radius 3 is 3.00 bits per heavy atom. The lowest BCUT2D eigenvalue weighted by Crippen LogP contribution is -2.01. The summed E-state index contributed by atoms with van der Waals surface area (Å²) in [6.07, 6.45) is 4.84. The first-order chi connectivity index (χ1) is 6.33. The number of aromatic nitrogens is 2. The molecule has 0 aliphatic heterocycles. The molecule has 0 amide bonds. The van der Waals surface area contributed by atoms with Crippen molar-refractivity contribution < 1.29 is 0 Å². The SMILES string of the molecule is Cl.Cn1cc(CCN)c2cccnc21. The topological polar surface area (TPSA) is 43.8 Å². The van der Waals surface area contributed by atoms with Crippen LogP contribution in [-0.4, -0.2) is 16.1 Å². The molecule has 0 aliphatic carbocycles. The smallest absolute Gasteiger partial charge is 0.139 e. The van der Waals surface area contributed by atoms with Crippen molar-refractivity contribution in [2.45, 2.75) is 6.42 Å². The van der Waals surface area contributed by atoms with E-state index in [2.05, 4.69) is 17.2 Å². The van der Waals surface area contributed by atoms with Crippen LogP contribution in [0.5, 0.6) is 0 Å². The Kier molecular flexibility index (Phi) is 3.49. The largest absolute Gasteiger partial charge is 0.335 e. The Balaban J connectivity index is 0.000000980. The fraction of sp³-hybridized carbons (Fsp3) is 0.300. The van der Waals surface area contributed by atoms with Gasteiger partial charge in [-0.2, -0.15) is 0 Å². The third kappa shape index (κ3) is 1.74. The summed E-state index contributed by atoms with van der Waals surface area (Å²) in [5, 5.41) is 1.22. The van der Waals surface area contributed by atoms with Crippen LogP contribution in [0.3, 0.4) is 0 Å². The van der Waals surface area contributed by atoms with Crippen molar-refractivity contribution in [1.29, 1.82) is 0 Å². The minimum atomic E-state index is 0. The molecule has 0 radical (unpaired) electrons. The molecule has 0 bridgehead atoms. The fourth-order valence-electron chi connectivity index (χ4n) is 1.65. The summed E-state index contributed by atoms with van der Waals surface area (Å²) in [5.41, 5.74) is 7.85. The first-order valence-electron chi connectivity index (χ1n) is 4.42. The predicted octanol–water partition coefficient (Wildman–Crippen LogP) is 1.50. The van der Waals surface area contributed by atoms with Crippen molar-refractivity contribution in [3.8, 4) is 0 Å². The lowest BCUT2D eigenvalue weighted by atomic mass is 10.2. The van der Waals surface area contributed by atoms with Gasteiger partial charge in [-0.1, -0.05) is 0 Å². The molecule has 2 heterocycles. The molecule has 4 heteroatoms. The van der Waals surface area contributed by atoms with E-state index in [0.29, 0.717) is 6.54 Å². The van der Waals surface area contributed by atoms with Gasteiger partial charge in [0, 0.05) is 24.8 Å². The second kappa shape index (κ2) is 4.44. The summed E-state index contributed by atoms with van der Waals surface area (Å²) in [7, 11) is 2.01. The van der Waals surface area contributed by atoms with Crippen LogP contribution in [0.25, 0.3) is 11.0 Å². The maximum Gasteiger partial charge on any atom is 0.139 e. The second-order valence-electron chi connectivity index (χ2n) is 3.18. The molecule has 0 aliphatic rings. The van der Waals surface area contributed by atoms with E-state index in [-0.39, 0.29) is 12.4 Å². The molecule has 14 heavy (non-hydrogen) atoms. The van der Waals surface area contributed by atoms with Crippen molar-refractivity contribution in [2.24, 2.45) is 12.8 Å². The number of pyridine rings is 1. The average Bonchev–Trinajstić information content (AvgIpc) is 2.46. The molecular weight excluding hydrogens is 198 g/mol. The van der Waals surface area contributed by atoms with Crippen molar-refractivity contribution >= 4 is 23.4 Å². The molecular formula is C10H14ClN3. The normalized spacial score (nSPS) is 10.1. The summed E-state index contributed by atoms with van der Waals surface area (Å²) in [5.74, 6) is 0. The molecule has 0 aromatic carbocycles. The van der Waals surface area contributed by atoms with Crippen molar-refractivity contribution in [3.05, 3.63) is 30.1 Å². The van der Waals surface area contributed by atoms with Gasteiger partial charge in [-0.05, 0) is 30.7 Å². The predicted molar refractivity (Wildman–Crippen MR) is 60.7 cm³/mol. The first-order valence-corrected chi connectivity index (χ1v) is 4.42. The van der Waals surface area contributed by atoms with E-state index in [1.807, 2.05) is 23.9 Å². The van der Waals surface area contributed by atoms with Crippen LogP contribution < -0.4 is 5.73 Å². The Hall–Kier alpha value is -1.06. The van der Waals surface area contributed by atoms with E-state index in [0.717, 1.165) is 12.1 Å². The van der Waals surface area contributed by atoms with Gasteiger partial charge >= 0.3 is 0 Å². The van der Waals surface area contributed by atoms with Crippen LogP contribution in [0.2, 0.25) is 0 Å². The summed E-state index contributed by atoms with van der Waals surface area (Å²) < 4.78 is 2.04. The highest BCUT2D eigenvalue weighted by molar-refractivity contribution is 5.85.